The fraction of sp³-hybridized carbons (Fsp3) is 0.176. The van der Waals surface area contributed by atoms with Crippen molar-refractivity contribution in [1.82, 2.24) is 10.6 Å². The number of carbonyl (C=O) groups excluding carboxylic acids is 2. The lowest BCUT2D eigenvalue weighted by atomic mass is 10.0. The summed E-state index contributed by atoms with van der Waals surface area (Å²) in [6.07, 6.45) is 0.0636. The fourth-order valence-electron chi connectivity index (χ4n) is 2.17. The third-order valence-electron chi connectivity index (χ3n) is 3.31. The Bertz CT molecular complexity index is 659. The van der Waals surface area contributed by atoms with E-state index < -0.39 is 12.1 Å². The van der Waals surface area contributed by atoms with Gasteiger partial charge in [0.25, 0.3) is 0 Å². The highest BCUT2D eigenvalue weighted by Crippen LogP contribution is 2.16. The van der Waals surface area contributed by atoms with Crippen LogP contribution in [0.4, 0.5) is 9.18 Å². The fourth-order valence-corrected chi connectivity index (χ4v) is 2.17. The zero-order valence-electron chi connectivity index (χ0n) is 12.5. The standard InChI is InChI=1S/C17H18FN3O2/c18-14-8-6-12(7-9-14)11-20-16(22)10-15(21-17(19)23)13-4-2-1-3-5-13/h1-9,15H,10-11H2,(H,20,22)(H3,19,21,23). The first-order chi connectivity index (χ1) is 11.0. The monoisotopic (exact) mass is 315 g/mol. The highest BCUT2D eigenvalue weighted by molar-refractivity contribution is 5.78. The molecule has 0 fully saturated rings. The van der Waals surface area contributed by atoms with E-state index in [1.54, 1.807) is 12.1 Å². The number of rotatable bonds is 6. The van der Waals surface area contributed by atoms with E-state index in [0.29, 0.717) is 0 Å². The second-order valence-electron chi connectivity index (χ2n) is 5.08. The minimum atomic E-state index is -0.690. The molecule has 3 amide bonds. The van der Waals surface area contributed by atoms with Crippen LogP contribution in [0, 0.1) is 5.82 Å². The molecule has 0 saturated carbocycles. The van der Waals surface area contributed by atoms with Crippen molar-refractivity contribution in [3.8, 4) is 0 Å². The van der Waals surface area contributed by atoms with Crippen molar-refractivity contribution in [2.45, 2.75) is 19.0 Å². The van der Waals surface area contributed by atoms with Crippen LogP contribution in [0.5, 0.6) is 0 Å². The molecule has 0 heterocycles. The molecule has 0 aliphatic heterocycles. The Morgan fingerprint density at radius 2 is 1.70 bits per heavy atom. The number of halogens is 1. The van der Waals surface area contributed by atoms with Crippen molar-refractivity contribution in [2.24, 2.45) is 5.73 Å². The molecule has 1 atom stereocenters. The molecule has 0 spiro atoms. The van der Waals surface area contributed by atoms with Gasteiger partial charge < -0.3 is 16.4 Å². The highest BCUT2D eigenvalue weighted by Gasteiger charge is 2.17. The molecule has 120 valence electrons. The van der Waals surface area contributed by atoms with Crippen molar-refractivity contribution in [3.05, 3.63) is 71.5 Å². The largest absolute Gasteiger partial charge is 0.352 e. The molecule has 0 bridgehead atoms. The molecule has 1 unspecified atom stereocenters. The number of carbonyl (C=O) groups is 2. The van der Waals surface area contributed by atoms with E-state index in [2.05, 4.69) is 10.6 Å². The number of amides is 3. The predicted octanol–water partition coefficient (Wildman–Crippen LogP) is 2.24. The van der Waals surface area contributed by atoms with Gasteiger partial charge in [-0.3, -0.25) is 4.79 Å². The van der Waals surface area contributed by atoms with Gasteiger partial charge >= 0.3 is 6.03 Å². The van der Waals surface area contributed by atoms with E-state index >= 15 is 0 Å². The van der Waals surface area contributed by atoms with E-state index in [9.17, 15) is 14.0 Å². The van der Waals surface area contributed by atoms with Crippen molar-refractivity contribution in [1.29, 1.82) is 0 Å². The third kappa shape index (κ3) is 5.43. The van der Waals surface area contributed by atoms with Crippen molar-refractivity contribution in [3.63, 3.8) is 0 Å². The Morgan fingerprint density at radius 1 is 1.04 bits per heavy atom. The van der Waals surface area contributed by atoms with Gasteiger partial charge in [0.2, 0.25) is 5.91 Å². The molecule has 5 nitrogen and oxygen atoms in total. The van der Waals surface area contributed by atoms with Crippen LogP contribution >= 0.6 is 0 Å². The second-order valence-corrected chi connectivity index (χ2v) is 5.08. The first kappa shape index (κ1) is 16.5. The van der Waals surface area contributed by atoms with Crippen molar-refractivity contribution >= 4 is 11.9 Å². The third-order valence-corrected chi connectivity index (χ3v) is 3.31. The lowest BCUT2D eigenvalue weighted by Gasteiger charge is -2.17. The molecule has 2 rings (SSSR count). The summed E-state index contributed by atoms with van der Waals surface area (Å²) >= 11 is 0. The van der Waals surface area contributed by atoms with Crippen LogP contribution in [0.15, 0.2) is 54.6 Å². The van der Waals surface area contributed by atoms with Gasteiger partial charge in [0.15, 0.2) is 0 Å². The summed E-state index contributed by atoms with van der Waals surface area (Å²) < 4.78 is 12.8. The molecule has 23 heavy (non-hydrogen) atoms. The van der Waals surface area contributed by atoms with E-state index in [1.165, 1.54) is 12.1 Å². The Morgan fingerprint density at radius 3 is 2.30 bits per heavy atom. The first-order valence-corrected chi connectivity index (χ1v) is 7.16. The second kappa shape index (κ2) is 7.93. The molecule has 0 aromatic heterocycles. The van der Waals surface area contributed by atoms with Crippen LogP contribution in [-0.4, -0.2) is 11.9 Å². The number of hydrogen-bond acceptors (Lipinski definition) is 2. The predicted molar refractivity (Wildman–Crippen MR) is 84.8 cm³/mol. The normalized spacial score (nSPS) is 11.5. The average Bonchev–Trinajstić information content (AvgIpc) is 2.54. The SMILES string of the molecule is NC(=O)NC(CC(=O)NCc1ccc(F)cc1)c1ccccc1. The van der Waals surface area contributed by atoms with Crippen LogP contribution in [0.2, 0.25) is 0 Å². The van der Waals surface area contributed by atoms with E-state index in [0.717, 1.165) is 11.1 Å². The summed E-state index contributed by atoms with van der Waals surface area (Å²) in [5.41, 5.74) is 6.75. The number of benzene rings is 2. The number of nitrogens with two attached hydrogens (primary N) is 1. The maximum Gasteiger partial charge on any atom is 0.312 e. The number of hydrogen-bond donors (Lipinski definition) is 3. The molecule has 2 aromatic rings. The van der Waals surface area contributed by atoms with Gasteiger partial charge in [-0.25, -0.2) is 9.18 Å². The maximum atomic E-state index is 12.8. The van der Waals surface area contributed by atoms with Gasteiger partial charge in [-0.05, 0) is 23.3 Å². The Hall–Kier alpha value is -2.89. The van der Waals surface area contributed by atoms with Gasteiger partial charge in [0.1, 0.15) is 5.82 Å². The summed E-state index contributed by atoms with van der Waals surface area (Å²) in [4.78, 5) is 23.2. The Kier molecular flexibility index (Phi) is 5.68. The summed E-state index contributed by atoms with van der Waals surface area (Å²) in [6.45, 7) is 0.289. The summed E-state index contributed by atoms with van der Waals surface area (Å²) in [7, 11) is 0. The van der Waals surface area contributed by atoms with Crippen LogP contribution in [0.25, 0.3) is 0 Å². The lowest BCUT2D eigenvalue weighted by Crippen LogP contribution is -2.36. The smallest absolute Gasteiger partial charge is 0.312 e. The number of nitrogens with one attached hydrogen (secondary N) is 2. The Labute approximate surface area is 133 Å². The zero-order chi connectivity index (χ0) is 16.7. The number of urea groups is 1. The van der Waals surface area contributed by atoms with Crippen LogP contribution < -0.4 is 16.4 Å². The molecule has 4 N–H and O–H groups in total. The lowest BCUT2D eigenvalue weighted by molar-refractivity contribution is -0.121. The topological polar surface area (TPSA) is 84.2 Å². The van der Waals surface area contributed by atoms with Crippen LogP contribution in [-0.2, 0) is 11.3 Å². The van der Waals surface area contributed by atoms with Crippen LogP contribution in [0.3, 0.4) is 0 Å². The van der Waals surface area contributed by atoms with E-state index in [-0.39, 0.29) is 24.7 Å². The molecule has 0 saturated heterocycles. The minimum absolute atomic E-state index is 0.0636. The molecule has 0 aliphatic carbocycles. The first-order valence-electron chi connectivity index (χ1n) is 7.16. The average molecular weight is 315 g/mol. The molecule has 0 aliphatic rings. The van der Waals surface area contributed by atoms with Crippen LogP contribution in [0.1, 0.15) is 23.6 Å². The quantitative estimate of drug-likeness (QED) is 0.764. The van der Waals surface area contributed by atoms with Crippen molar-refractivity contribution in [2.75, 3.05) is 0 Å². The Balaban J connectivity index is 1.94. The van der Waals surface area contributed by atoms with Crippen molar-refractivity contribution < 1.29 is 14.0 Å². The highest BCUT2D eigenvalue weighted by atomic mass is 19.1. The van der Waals surface area contributed by atoms with Gasteiger partial charge in [-0.15, -0.1) is 0 Å². The minimum Gasteiger partial charge on any atom is -0.352 e. The molecule has 2 aromatic carbocycles. The van der Waals surface area contributed by atoms with Gasteiger partial charge in [-0.1, -0.05) is 42.5 Å². The maximum absolute atomic E-state index is 12.8. The molecular weight excluding hydrogens is 297 g/mol. The van der Waals surface area contributed by atoms with E-state index in [1.807, 2.05) is 30.3 Å². The molecule has 6 heteroatoms. The summed E-state index contributed by atoms with van der Waals surface area (Å²) in [6, 6.07) is 13.8. The van der Waals surface area contributed by atoms with Gasteiger partial charge in [0, 0.05) is 6.54 Å². The van der Waals surface area contributed by atoms with Gasteiger partial charge in [-0.2, -0.15) is 0 Å². The number of primary amides is 1. The molecule has 0 radical (unpaired) electrons. The summed E-state index contributed by atoms with van der Waals surface area (Å²) in [5, 5.41) is 5.30. The molecular formula is C17H18FN3O2. The van der Waals surface area contributed by atoms with Gasteiger partial charge in [0.05, 0.1) is 12.5 Å². The zero-order valence-corrected chi connectivity index (χ0v) is 12.5. The van der Waals surface area contributed by atoms with E-state index in [4.69, 9.17) is 5.73 Å². The summed E-state index contributed by atoms with van der Waals surface area (Å²) in [5.74, 6) is -0.563.